The van der Waals surface area contributed by atoms with Gasteiger partial charge in [-0.15, -0.1) is 0 Å². The van der Waals surface area contributed by atoms with Crippen LogP contribution in [0.1, 0.15) is 5.56 Å². The lowest BCUT2D eigenvalue weighted by molar-refractivity contribution is -0.117. The summed E-state index contributed by atoms with van der Waals surface area (Å²) >= 11 is 7.33. The highest BCUT2D eigenvalue weighted by atomic mass is 35.5. The Morgan fingerprint density at radius 3 is 2.26 bits per heavy atom. The molecule has 0 radical (unpaired) electrons. The SMILES string of the molecule is N#C/C(C(=O)Nc1ccc(F)cc1)=C1/SC(Cc2ccccc2Cl)C(=O)N1c1ccc(F)cc1. The van der Waals surface area contributed by atoms with Crippen molar-refractivity contribution in [2.45, 2.75) is 11.7 Å². The van der Waals surface area contributed by atoms with Gasteiger partial charge in [0.05, 0.1) is 5.25 Å². The van der Waals surface area contributed by atoms with E-state index in [2.05, 4.69) is 5.32 Å². The van der Waals surface area contributed by atoms with Crippen LogP contribution in [-0.4, -0.2) is 17.1 Å². The molecule has 4 rings (SSSR count). The minimum absolute atomic E-state index is 0.121. The molecule has 0 aliphatic carbocycles. The number of hydrogen-bond donors (Lipinski definition) is 1. The number of carbonyl (C=O) groups is 2. The number of anilines is 2. The van der Waals surface area contributed by atoms with Crippen LogP contribution >= 0.6 is 23.4 Å². The fraction of sp³-hybridized carbons (Fsp3) is 0.0800. The molecule has 1 N–H and O–H groups in total. The molecule has 9 heteroatoms. The summed E-state index contributed by atoms with van der Waals surface area (Å²) in [5.74, 6) is -2.08. The number of nitrogens with zero attached hydrogens (tertiary/aromatic N) is 2. The number of hydrogen-bond acceptors (Lipinski definition) is 4. The summed E-state index contributed by atoms with van der Waals surface area (Å²) in [6, 6.07) is 19.2. The van der Waals surface area contributed by atoms with Gasteiger partial charge in [-0.05, 0) is 66.6 Å². The third kappa shape index (κ3) is 4.96. The molecule has 34 heavy (non-hydrogen) atoms. The molecule has 0 bridgehead atoms. The molecular formula is C25H16ClF2N3O2S. The zero-order valence-electron chi connectivity index (χ0n) is 17.5. The standard InChI is InChI=1S/C25H16ClF2N3O2S/c26-21-4-2-1-3-15(21)13-22-24(33)31(19-11-7-17(28)8-12-19)25(34-22)20(14-29)23(32)30-18-9-5-16(27)6-10-18/h1-12,22H,13H2,(H,30,32)/b25-20-. The van der Waals surface area contributed by atoms with Gasteiger partial charge in [-0.25, -0.2) is 8.78 Å². The van der Waals surface area contributed by atoms with E-state index in [1.54, 1.807) is 24.3 Å². The molecule has 1 atom stereocenters. The van der Waals surface area contributed by atoms with E-state index in [-0.39, 0.29) is 28.6 Å². The smallest absolute Gasteiger partial charge is 0.269 e. The predicted octanol–water partition coefficient (Wildman–Crippen LogP) is 5.68. The minimum atomic E-state index is -0.755. The first-order chi connectivity index (χ1) is 16.4. The van der Waals surface area contributed by atoms with Crippen LogP contribution in [0.4, 0.5) is 20.2 Å². The summed E-state index contributed by atoms with van der Waals surface area (Å²) in [6.45, 7) is 0. The van der Waals surface area contributed by atoms with Gasteiger partial charge in [0, 0.05) is 16.4 Å². The number of rotatable bonds is 5. The summed E-state index contributed by atoms with van der Waals surface area (Å²) in [7, 11) is 0. The van der Waals surface area contributed by atoms with Crippen LogP contribution in [0.5, 0.6) is 0 Å². The Balaban J connectivity index is 1.73. The Bertz CT molecular complexity index is 1320. The van der Waals surface area contributed by atoms with Gasteiger partial charge in [0.15, 0.2) is 0 Å². The first-order valence-electron chi connectivity index (χ1n) is 10.1. The van der Waals surface area contributed by atoms with E-state index in [4.69, 9.17) is 11.6 Å². The van der Waals surface area contributed by atoms with Crippen molar-refractivity contribution in [2.24, 2.45) is 0 Å². The van der Waals surface area contributed by atoms with Crippen molar-refractivity contribution in [1.82, 2.24) is 0 Å². The lowest BCUT2D eigenvalue weighted by Crippen LogP contribution is -2.31. The quantitative estimate of drug-likeness (QED) is 0.365. The molecule has 1 unspecified atom stereocenters. The number of nitriles is 1. The molecule has 1 aliphatic heterocycles. The molecule has 0 aromatic heterocycles. The van der Waals surface area contributed by atoms with Crippen molar-refractivity contribution in [2.75, 3.05) is 10.2 Å². The lowest BCUT2D eigenvalue weighted by Gasteiger charge is -2.18. The number of nitrogens with one attached hydrogen (secondary N) is 1. The average molecular weight is 496 g/mol. The number of benzene rings is 3. The fourth-order valence-electron chi connectivity index (χ4n) is 3.40. The highest BCUT2D eigenvalue weighted by molar-refractivity contribution is 8.05. The maximum atomic E-state index is 13.5. The van der Waals surface area contributed by atoms with E-state index in [0.717, 1.165) is 17.3 Å². The number of carbonyl (C=O) groups excluding carboxylic acids is 2. The normalized spacial score (nSPS) is 16.8. The molecule has 0 spiro atoms. The van der Waals surface area contributed by atoms with Gasteiger partial charge in [0.1, 0.15) is 28.3 Å². The monoisotopic (exact) mass is 495 g/mol. The molecule has 170 valence electrons. The van der Waals surface area contributed by atoms with Crippen LogP contribution in [0.15, 0.2) is 83.4 Å². The Labute approximate surface area is 203 Å². The molecule has 3 aromatic rings. The minimum Gasteiger partial charge on any atom is -0.321 e. The molecule has 1 aliphatic rings. The molecule has 5 nitrogen and oxygen atoms in total. The second-order valence-electron chi connectivity index (χ2n) is 7.31. The van der Waals surface area contributed by atoms with E-state index in [9.17, 15) is 23.6 Å². The summed E-state index contributed by atoms with van der Waals surface area (Å²) in [6.07, 6.45) is 0.267. The zero-order chi connectivity index (χ0) is 24.2. The first kappa shape index (κ1) is 23.5. The molecule has 1 heterocycles. The Kier molecular flexibility index (Phi) is 6.96. The van der Waals surface area contributed by atoms with Crippen molar-refractivity contribution in [1.29, 1.82) is 5.26 Å². The third-order valence-corrected chi connectivity index (χ3v) is 6.69. The largest absolute Gasteiger partial charge is 0.321 e. The first-order valence-corrected chi connectivity index (χ1v) is 11.3. The number of thioether (sulfide) groups is 1. The van der Waals surface area contributed by atoms with Crippen molar-refractivity contribution < 1.29 is 18.4 Å². The van der Waals surface area contributed by atoms with Crippen molar-refractivity contribution in [3.05, 3.63) is 106 Å². The summed E-state index contributed by atoms with van der Waals surface area (Å²) < 4.78 is 26.7. The van der Waals surface area contributed by atoms with Gasteiger partial charge in [-0.2, -0.15) is 5.26 Å². The van der Waals surface area contributed by atoms with E-state index in [1.807, 2.05) is 6.07 Å². The van der Waals surface area contributed by atoms with Gasteiger partial charge in [-0.3, -0.25) is 14.5 Å². The van der Waals surface area contributed by atoms with E-state index in [1.165, 1.54) is 53.4 Å². The molecular weight excluding hydrogens is 480 g/mol. The zero-order valence-corrected chi connectivity index (χ0v) is 19.0. The third-order valence-electron chi connectivity index (χ3n) is 5.06. The second kappa shape index (κ2) is 10.1. The van der Waals surface area contributed by atoms with Crippen LogP contribution < -0.4 is 10.2 Å². The van der Waals surface area contributed by atoms with E-state index >= 15 is 0 Å². The van der Waals surface area contributed by atoms with Crippen LogP contribution in [-0.2, 0) is 16.0 Å². The highest BCUT2D eigenvalue weighted by Gasteiger charge is 2.41. The topological polar surface area (TPSA) is 73.2 Å². The maximum absolute atomic E-state index is 13.5. The van der Waals surface area contributed by atoms with Gasteiger partial charge < -0.3 is 5.32 Å². The molecule has 0 saturated carbocycles. The maximum Gasteiger partial charge on any atom is 0.269 e. The molecule has 2 amide bonds. The summed E-state index contributed by atoms with van der Waals surface area (Å²) in [5.41, 5.74) is 1.05. The highest BCUT2D eigenvalue weighted by Crippen LogP contribution is 2.42. The summed E-state index contributed by atoms with van der Waals surface area (Å²) in [5, 5.41) is 12.3. The fourth-order valence-corrected chi connectivity index (χ4v) is 4.91. The average Bonchev–Trinajstić information content (AvgIpc) is 3.13. The van der Waals surface area contributed by atoms with Crippen LogP contribution in [0.3, 0.4) is 0 Å². The Hall–Kier alpha value is -3.67. The van der Waals surface area contributed by atoms with Crippen LogP contribution in [0.25, 0.3) is 0 Å². The van der Waals surface area contributed by atoms with E-state index in [0.29, 0.717) is 10.7 Å². The van der Waals surface area contributed by atoms with Crippen molar-refractivity contribution >= 4 is 46.6 Å². The van der Waals surface area contributed by atoms with Gasteiger partial charge in [0.2, 0.25) is 5.91 Å². The second-order valence-corrected chi connectivity index (χ2v) is 8.90. The Morgan fingerprint density at radius 1 is 1.03 bits per heavy atom. The molecule has 1 fully saturated rings. The Morgan fingerprint density at radius 2 is 1.65 bits per heavy atom. The van der Waals surface area contributed by atoms with Crippen molar-refractivity contribution in [3.63, 3.8) is 0 Å². The van der Waals surface area contributed by atoms with Gasteiger partial charge in [0.25, 0.3) is 5.91 Å². The van der Waals surface area contributed by atoms with Crippen LogP contribution in [0.2, 0.25) is 5.02 Å². The summed E-state index contributed by atoms with van der Waals surface area (Å²) in [4.78, 5) is 27.6. The lowest BCUT2D eigenvalue weighted by atomic mass is 10.1. The predicted molar refractivity (Wildman–Crippen MR) is 128 cm³/mol. The van der Waals surface area contributed by atoms with E-state index < -0.39 is 22.8 Å². The van der Waals surface area contributed by atoms with Gasteiger partial charge in [-0.1, -0.05) is 41.6 Å². The molecule has 1 saturated heterocycles. The number of halogens is 3. The van der Waals surface area contributed by atoms with Crippen molar-refractivity contribution in [3.8, 4) is 6.07 Å². The van der Waals surface area contributed by atoms with Gasteiger partial charge >= 0.3 is 0 Å². The number of amides is 2. The molecule has 3 aromatic carbocycles. The van der Waals surface area contributed by atoms with Crippen LogP contribution in [0, 0.1) is 23.0 Å².